The molecule has 0 atom stereocenters. The van der Waals surface area contributed by atoms with Gasteiger partial charge in [0.05, 0.1) is 17.4 Å². The van der Waals surface area contributed by atoms with Crippen LogP contribution in [-0.4, -0.2) is 23.6 Å². The van der Waals surface area contributed by atoms with Crippen molar-refractivity contribution in [1.82, 2.24) is 10.3 Å². The minimum atomic E-state index is -0.747. The molecule has 2 heterocycles. The number of carbonyl (C=O) groups is 2. The Kier molecular flexibility index (Phi) is 4.10. The number of anilines is 1. The zero-order chi connectivity index (χ0) is 17.9. The predicted molar refractivity (Wildman–Crippen MR) is 94.8 cm³/mol. The summed E-state index contributed by atoms with van der Waals surface area (Å²) in [4.78, 5) is 28.3. The van der Waals surface area contributed by atoms with Gasteiger partial charge in [-0.3, -0.25) is 14.6 Å². The highest BCUT2D eigenvalue weighted by Gasteiger charge is 2.16. The Morgan fingerprint density at radius 3 is 2.77 bits per heavy atom. The molecule has 1 aliphatic rings. The monoisotopic (exact) mass is 349 g/mol. The van der Waals surface area contributed by atoms with Crippen LogP contribution in [-0.2, 0) is 16.1 Å². The van der Waals surface area contributed by atoms with Crippen molar-refractivity contribution in [2.75, 3.05) is 12.1 Å². The SMILES string of the molecule is O=C(NCc1ccc2c(c1)OCO2)C(=O)Nc1cnc2ccccc2c1. The second kappa shape index (κ2) is 6.72. The van der Waals surface area contributed by atoms with Crippen LogP contribution >= 0.6 is 0 Å². The molecule has 0 radical (unpaired) electrons. The fourth-order valence-corrected chi connectivity index (χ4v) is 2.64. The average Bonchev–Trinajstić information content (AvgIpc) is 3.13. The van der Waals surface area contributed by atoms with E-state index < -0.39 is 11.8 Å². The van der Waals surface area contributed by atoms with Crippen LogP contribution in [0.15, 0.2) is 54.7 Å². The molecule has 2 amide bonds. The molecule has 1 aliphatic heterocycles. The molecule has 26 heavy (non-hydrogen) atoms. The zero-order valence-corrected chi connectivity index (χ0v) is 13.7. The molecule has 4 rings (SSSR count). The van der Waals surface area contributed by atoms with Gasteiger partial charge in [-0.15, -0.1) is 0 Å². The summed E-state index contributed by atoms with van der Waals surface area (Å²) >= 11 is 0. The summed E-state index contributed by atoms with van der Waals surface area (Å²) in [6.07, 6.45) is 1.52. The maximum Gasteiger partial charge on any atom is 0.313 e. The molecule has 0 unspecified atom stereocenters. The van der Waals surface area contributed by atoms with Gasteiger partial charge >= 0.3 is 11.8 Å². The first-order valence-corrected chi connectivity index (χ1v) is 8.01. The standard InChI is InChI=1S/C19H15N3O4/c23-18(21-9-12-5-6-16-17(7-12)26-11-25-16)19(24)22-14-8-13-3-1-2-4-15(13)20-10-14/h1-8,10H,9,11H2,(H,21,23)(H,22,24). The first-order chi connectivity index (χ1) is 12.7. The Labute approximate surface area is 148 Å². The van der Waals surface area contributed by atoms with E-state index in [2.05, 4.69) is 15.6 Å². The number of pyridine rings is 1. The molecule has 7 heteroatoms. The van der Waals surface area contributed by atoms with Crippen LogP contribution in [0.3, 0.4) is 0 Å². The van der Waals surface area contributed by atoms with Gasteiger partial charge < -0.3 is 20.1 Å². The molecule has 0 bridgehead atoms. The lowest BCUT2D eigenvalue weighted by Gasteiger charge is -2.08. The number of aromatic nitrogens is 1. The summed E-state index contributed by atoms with van der Waals surface area (Å²) in [6.45, 7) is 0.395. The Balaban J connectivity index is 1.37. The van der Waals surface area contributed by atoms with Crippen molar-refractivity contribution < 1.29 is 19.1 Å². The highest BCUT2D eigenvalue weighted by Crippen LogP contribution is 2.32. The first kappa shape index (κ1) is 15.9. The van der Waals surface area contributed by atoms with E-state index in [-0.39, 0.29) is 13.3 Å². The number of rotatable bonds is 3. The van der Waals surface area contributed by atoms with E-state index in [1.165, 1.54) is 6.20 Å². The summed E-state index contributed by atoms with van der Waals surface area (Å²) in [7, 11) is 0. The van der Waals surface area contributed by atoms with Crippen LogP contribution in [0.5, 0.6) is 11.5 Å². The van der Waals surface area contributed by atoms with E-state index >= 15 is 0 Å². The second-order valence-corrected chi connectivity index (χ2v) is 5.74. The molecule has 2 aromatic carbocycles. The number of fused-ring (bicyclic) bond motifs is 2. The average molecular weight is 349 g/mol. The molecule has 1 aromatic heterocycles. The number of amides is 2. The van der Waals surface area contributed by atoms with Gasteiger partial charge in [0.1, 0.15) is 0 Å². The molecule has 3 aromatic rings. The molecule has 0 saturated heterocycles. The van der Waals surface area contributed by atoms with Crippen LogP contribution in [0, 0.1) is 0 Å². The smallest absolute Gasteiger partial charge is 0.313 e. The highest BCUT2D eigenvalue weighted by atomic mass is 16.7. The van der Waals surface area contributed by atoms with Crippen molar-refractivity contribution in [2.24, 2.45) is 0 Å². The summed E-state index contributed by atoms with van der Waals surface area (Å²) in [5.41, 5.74) is 2.09. The van der Waals surface area contributed by atoms with Gasteiger partial charge in [0.15, 0.2) is 11.5 Å². The van der Waals surface area contributed by atoms with Gasteiger partial charge in [-0.25, -0.2) is 0 Å². The maximum atomic E-state index is 12.1. The van der Waals surface area contributed by atoms with Crippen molar-refractivity contribution in [3.63, 3.8) is 0 Å². The Morgan fingerprint density at radius 2 is 1.85 bits per heavy atom. The first-order valence-electron chi connectivity index (χ1n) is 8.01. The summed E-state index contributed by atoms with van der Waals surface area (Å²) < 4.78 is 10.5. The van der Waals surface area contributed by atoms with E-state index in [0.717, 1.165) is 16.5 Å². The molecule has 0 fully saturated rings. The minimum Gasteiger partial charge on any atom is -0.454 e. The van der Waals surface area contributed by atoms with E-state index in [1.807, 2.05) is 24.3 Å². The number of benzene rings is 2. The van der Waals surface area contributed by atoms with Gasteiger partial charge in [-0.05, 0) is 29.8 Å². The predicted octanol–water partition coefficient (Wildman–Crippen LogP) is 2.22. The van der Waals surface area contributed by atoms with Gasteiger partial charge in [-0.2, -0.15) is 0 Å². The van der Waals surface area contributed by atoms with Crippen molar-refractivity contribution in [1.29, 1.82) is 0 Å². The quantitative estimate of drug-likeness (QED) is 0.708. The number of para-hydroxylation sites is 1. The Bertz CT molecular complexity index is 1000. The summed E-state index contributed by atoms with van der Waals surface area (Å²) in [6, 6.07) is 14.6. The molecule has 7 nitrogen and oxygen atoms in total. The Morgan fingerprint density at radius 1 is 1.00 bits per heavy atom. The van der Waals surface area contributed by atoms with E-state index in [0.29, 0.717) is 17.2 Å². The molecule has 130 valence electrons. The van der Waals surface area contributed by atoms with Crippen LogP contribution in [0.2, 0.25) is 0 Å². The molecule has 2 N–H and O–H groups in total. The van der Waals surface area contributed by atoms with E-state index in [9.17, 15) is 9.59 Å². The van der Waals surface area contributed by atoms with Crippen LogP contribution in [0.4, 0.5) is 5.69 Å². The molecule has 0 aliphatic carbocycles. The number of nitrogens with zero attached hydrogens (tertiary/aromatic N) is 1. The fraction of sp³-hybridized carbons (Fsp3) is 0.105. The number of hydrogen-bond donors (Lipinski definition) is 2. The topological polar surface area (TPSA) is 89.5 Å². The lowest BCUT2D eigenvalue weighted by Crippen LogP contribution is -2.34. The second-order valence-electron chi connectivity index (χ2n) is 5.74. The van der Waals surface area contributed by atoms with Crippen molar-refractivity contribution in [3.05, 3.63) is 60.3 Å². The van der Waals surface area contributed by atoms with E-state index in [4.69, 9.17) is 9.47 Å². The third-order valence-corrected chi connectivity index (χ3v) is 3.94. The summed E-state index contributed by atoms with van der Waals surface area (Å²) in [5.74, 6) is -0.177. The molecule has 0 saturated carbocycles. The van der Waals surface area contributed by atoms with Gasteiger partial charge in [0, 0.05) is 11.9 Å². The third kappa shape index (κ3) is 3.27. The minimum absolute atomic E-state index is 0.188. The van der Waals surface area contributed by atoms with Gasteiger partial charge in [0.2, 0.25) is 6.79 Å². The Hall–Kier alpha value is -3.61. The van der Waals surface area contributed by atoms with Crippen molar-refractivity contribution in [3.8, 4) is 11.5 Å². The number of ether oxygens (including phenoxy) is 2. The lowest BCUT2D eigenvalue weighted by molar-refractivity contribution is -0.136. The largest absolute Gasteiger partial charge is 0.454 e. The lowest BCUT2D eigenvalue weighted by atomic mass is 10.2. The number of carbonyl (C=O) groups excluding carboxylic acids is 2. The normalized spacial score (nSPS) is 12.0. The van der Waals surface area contributed by atoms with E-state index in [1.54, 1.807) is 24.3 Å². The third-order valence-electron chi connectivity index (χ3n) is 3.94. The molecule has 0 spiro atoms. The summed E-state index contributed by atoms with van der Waals surface area (Å²) in [5, 5.41) is 6.01. The van der Waals surface area contributed by atoms with Crippen molar-refractivity contribution >= 4 is 28.4 Å². The van der Waals surface area contributed by atoms with Crippen LogP contribution < -0.4 is 20.1 Å². The fourth-order valence-electron chi connectivity index (χ4n) is 2.64. The van der Waals surface area contributed by atoms with Gasteiger partial charge in [0.25, 0.3) is 0 Å². The van der Waals surface area contributed by atoms with Crippen LogP contribution in [0.25, 0.3) is 10.9 Å². The van der Waals surface area contributed by atoms with Gasteiger partial charge in [-0.1, -0.05) is 24.3 Å². The van der Waals surface area contributed by atoms with Crippen molar-refractivity contribution in [2.45, 2.75) is 6.54 Å². The van der Waals surface area contributed by atoms with Crippen LogP contribution in [0.1, 0.15) is 5.56 Å². The zero-order valence-electron chi connectivity index (χ0n) is 13.7. The maximum absolute atomic E-state index is 12.1. The number of nitrogens with one attached hydrogen (secondary N) is 2. The molecular weight excluding hydrogens is 334 g/mol. The number of hydrogen-bond acceptors (Lipinski definition) is 5. The highest BCUT2D eigenvalue weighted by molar-refractivity contribution is 6.39. The molecular formula is C19H15N3O4.